The Balaban J connectivity index is 1.09. The average Bonchev–Trinajstić information content (AvgIpc) is 3.66. The van der Waals surface area contributed by atoms with Crippen LogP contribution in [0.15, 0.2) is 121 Å². The Bertz CT molecular complexity index is 2370. The van der Waals surface area contributed by atoms with Crippen LogP contribution in [0.5, 0.6) is 0 Å². The second kappa shape index (κ2) is 15.4. The van der Waals surface area contributed by atoms with Crippen molar-refractivity contribution in [3.05, 3.63) is 166 Å². The summed E-state index contributed by atoms with van der Waals surface area (Å²) in [6.45, 7) is 19.7. The van der Waals surface area contributed by atoms with Gasteiger partial charge in [0.1, 0.15) is 5.82 Å². The zero-order valence-corrected chi connectivity index (χ0v) is 33.1. The minimum atomic E-state index is -0.146. The molecule has 3 heterocycles. The third kappa shape index (κ3) is 6.57. The fraction of sp³-hybridized carbons (Fsp3) is 0.235. The molecule has 3 nitrogen and oxygen atoms in total. The van der Waals surface area contributed by atoms with Gasteiger partial charge in [0.05, 0.1) is 5.69 Å². The number of aliphatic imine (C=N–C) groups is 1. The van der Waals surface area contributed by atoms with E-state index in [4.69, 9.17) is 4.99 Å². The van der Waals surface area contributed by atoms with Gasteiger partial charge in [0.15, 0.2) is 0 Å². The molecule has 54 heavy (non-hydrogen) atoms. The molecule has 0 N–H and O–H groups in total. The van der Waals surface area contributed by atoms with Crippen molar-refractivity contribution in [2.75, 3.05) is 0 Å². The first kappa shape index (κ1) is 36.7. The summed E-state index contributed by atoms with van der Waals surface area (Å²) < 4.78 is 4.67. The van der Waals surface area contributed by atoms with Crippen LogP contribution in [0.2, 0.25) is 0 Å². The quantitative estimate of drug-likeness (QED) is 0.128. The highest BCUT2D eigenvalue weighted by molar-refractivity contribution is 5.75. The Morgan fingerprint density at radius 2 is 1.17 bits per heavy atom. The molecule has 3 heteroatoms. The van der Waals surface area contributed by atoms with Gasteiger partial charge in [-0.15, -0.1) is 0 Å². The number of aromatic nitrogens is 2. The molecule has 0 spiro atoms. The molecule has 0 saturated carbocycles. The van der Waals surface area contributed by atoms with Crippen LogP contribution in [0.25, 0.3) is 51.9 Å². The maximum absolute atomic E-state index is 4.87. The van der Waals surface area contributed by atoms with Crippen molar-refractivity contribution >= 4 is 30.3 Å². The van der Waals surface area contributed by atoms with E-state index in [-0.39, 0.29) is 5.41 Å². The molecular weight excluding hydrogens is 655 g/mol. The van der Waals surface area contributed by atoms with Crippen LogP contribution in [0.4, 0.5) is 5.82 Å². The van der Waals surface area contributed by atoms with E-state index in [0.717, 1.165) is 48.6 Å². The molecule has 0 saturated heterocycles. The largest absolute Gasteiger partial charge is 0.310 e. The van der Waals surface area contributed by atoms with E-state index in [2.05, 4.69) is 192 Å². The number of benzene rings is 4. The molecule has 0 aliphatic carbocycles. The van der Waals surface area contributed by atoms with E-state index in [1.807, 2.05) is 6.08 Å². The van der Waals surface area contributed by atoms with Crippen LogP contribution in [0.3, 0.4) is 0 Å². The highest BCUT2D eigenvalue weighted by Crippen LogP contribution is 2.39. The lowest BCUT2D eigenvalue weighted by Gasteiger charge is -2.26. The van der Waals surface area contributed by atoms with Gasteiger partial charge in [-0.3, -0.25) is 4.57 Å². The van der Waals surface area contributed by atoms with Gasteiger partial charge < -0.3 is 4.57 Å². The Morgan fingerprint density at radius 3 is 1.65 bits per heavy atom. The molecule has 0 atom stereocenters. The number of nitrogens with zero attached hydrogens (tertiary/aromatic N) is 3. The van der Waals surface area contributed by atoms with E-state index in [0.29, 0.717) is 0 Å². The van der Waals surface area contributed by atoms with Gasteiger partial charge in [-0.05, 0) is 139 Å². The third-order valence-electron chi connectivity index (χ3n) is 11.5. The number of hydrogen-bond acceptors (Lipinski definition) is 1. The van der Waals surface area contributed by atoms with E-state index in [1.54, 1.807) is 0 Å². The number of fused-ring (bicyclic) bond motifs is 1. The van der Waals surface area contributed by atoms with Gasteiger partial charge in [0.2, 0.25) is 0 Å². The van der Waals surface area contributed by atoms with Crippen LogP contribution in [-0.2, 0) is 18.3 Å². The first-order valence-corrected chi connectivity index (χ1v) is 19.6. The molecule has 6 aromatic rings. The summed E-state index contributed by atoms with van der Waals surface area (Å²) in [5.41, 5.74) is 18.6. The van der Waals surface area contributed by atoms with Gasteiger partial charge >= 0.3 is 0 Å². The van der Waals surface area contributed by atoms with Crippen molar-refractivity contribution in [2.45, 2.75) is 79.6 Å². The summed E-state index contributed by atoms with van der Waals surface area (Å²) in [4.78, 5) is 4.87. The first-order chi connectivity index (χ1) is 26.2. The van der Waals surface area contributed by atoms with Gasteiger partial charge in [-0.25, -0.2) is 4.99 Å². The smallest absolute Gasteiger partial charge is 0.140 e. The van der Waals surface area contributed by atoms with Gasteiger partial charge in [0.25, 0.3) is 0 Å². The standard InChI is InChI=1S/C51H53N3/c1-9-13-17-48-36(6)35(5)47(12-4)53(48)43-30-22-39(23-31-43)37-18-26-41(27-19-37)51(7,8)42-28-20-38(21-29-42)40-24-32-44(33-25-40)54-49(15-10-2)45(11-3)46-16-14-34-52-50(46)54/h10,12-13,15,17-34H,4,9,11,14,16H2,1-3,5-8H3/b15-10-,17-13-. The summed E-state index contributed by atoms with van der Waals surface area (Å²) >= 11 is 0. The van der Waals surface area contributed by atoms with E-state index in [9.17, 15) is 0 Å². The predicted molar refractivity (Wildman–Crippen MR) is 234 cm³/mol. The second-order valence-electron chi connectivity index (χ2n) is 14.9. The Morgan fingerprint density at radius 1 is 0.667 bits per heavy atom. The van der Waals surface area contributed by atoms with Crippen LogP contribution >= 0.6 is 0 Å². The lowest BCUT2D eigenvalue weighted by molar-refractivity contribution is 0.641. The molecule has 272 valence electrons. The van der Waals surface area contributed by atoms with Gasteiger partial charge in [-0.2, -0.15) is 0 Å². The minimum absolute atomic E-state index is 0.146. The Labute approximate surface area is 322 Å². The number of hydrogen-bond donors (Lipinski definition) is 0. The molecule has 4 aromatic carbocycles. The fourth-order valence-corrected chi connectivity index (χ4v) is 8.15. The topological polar surface area (TPSA) is 22.2 Å². The zero-order chi connectivity index (χ0) is 38.0. The van der Waals surface area contributed by atoms with Gasteiger partial charge in [0, 0.05) is 40.0 Å². The highest BCUT2D eigenvalue weighted by Gasteiger charge is 2.24. The lowest BCUT2D eigenvalue weighted by atomic mass is 9.77. The number of allylic oxidation sites excluding steroid dienone is 2. The van der Waals surface area contributed by atoms with Gasteiger partial charge in [-0.1, -0.05) is 119 Å². The van der Waals surface area contributed by atoms with E-state index < -0.39 is 0 Å². The van der Waals surface area contributed by atoms with Crippen molar-refractivity contribution in [3.8, 4) is 33.6 Å². The summed E-state index contributed by atoms with van der Waals surface area (Å²) in [6, 6.07) is 36.1. The maximum Gasteiger partial charge on any atom is 0.140 e. The van der Waals surface area contributed by atoms with Crippen molar-refractivity contribution in [2.24, 2.45) is 4.99 Å². The van der Waals surface area contributed by atoms with E-state index in [1.165, 1.54) is 67.0 Å². The molecule has 0 bridgehead atoms. The van der Waals surface area contributed by atoms with E-state index >= 15 is 0 Å². The lowest BCUT2D eigenvalue weighted by Crippen LogP contribution is -2.18. The van der Waals surface area contributed by atoms with Crippen molar-refractivity contribution in [1.29, 1.82) is 0 Å². The molecule has 0 amide bonds. The van der Waals surface area contributed by atoms with Crippen LogP contribution in [-0.4, -0.2) is 15.3 Å². The second-order valence-corrected chi connectivity index (χ2v) is 14.9. The molecule has 2 aromatic heterocycles. The maximum atomic E-state index is 4.87. The molecule has 1 aliphatic rings. The Kier molecular flexibility index (Phi) is 10.4. The highest BCUT2D eigenvalue weighted by atomic mass is 15.1. The third-order valence-corrected chi connectivity index (χ3v) is 11.5. The fourth-order valence-electron chi connectivity index (χ4n) is 8.15. The van der Waals surface area contributed by atoms with Crippen LogP contribution in [0.1, 0.15) is 97.9 Å². The Hall–Kier alpha value is -5.67. The monoisotopic (exact) mass is 707 g/mol. The van der Waals surface area contributed by atoms with Crippen molar-refractivity contribution in [3.63, 3.8) is 0 Å². The predicted octanol–water partition coefficient (Wildman–Crippen LogP) is 13.9. The van der Waals surface area contributed by atoms with Crippen LogP contribution < -0.4 is 0 Å². The molecule has 0 unspecified atom stereocenters. The zero-order valence-electron chi connectivity index (χ0n) is 33.1. The molecule has 7 rings (SSSR count). The summed E-state index contributed by atoms with van der Waals surface area (Å²) in [5, 5.41) is 0. The SMILES string of the molecule is C=Cc1c(C)c(C)c(/C=C\CC)n1-c1ccc(-c2ccc(C(C)(C)c3ccc(-c4ccc(-n5c(/C=C\C)c(CC)c6c5N=CCC6)cc4)cc3)cc2)cc1. The average molecular weight is 708 g/mol. The number of rotatable bonds is 11. The molecule has 0 radical (unpaired) electrons. The van der Waals surface area contributed by atoms with Crippen molar-refractivity contribution in [1.82, 2.24) is 9.13 Å². The van der Waals surface area contributed by atoms with Crippen molar-refractivity contribution < 1.29 is 0 Å². The summed E-state index contributed by atoms with van der Waals surface area (Å²) in [5.74, 6) is 1.09. The van der Waals surface area contributed by atoms with Crippen LogP contribution in [0, 0.1) is 13.8 Å². The molecule has 0 fully saturated rings. The molecular formula is C51H53N3. The normalized spacial score (nSPS) is 12.9. The summed E-state index contributed by atoms with van der Waals surface area (Å²) in [7, 11) is 0. The minimum Gasteiger partial charge on any atom is -0.310 e. The molecule has 1 aliphatic heterocycles. The summed E-state index contributed by atoms with van der Waals surface area (Å²) in [6.07, 6.45) is 17.0. The first-order valence-electron chi connectivity index (χ1n) is 19.6.